The van der Waals surface area contributed by atoms with Crippen molar-refractivity contribution in [3.63, 3.8) is 0 Å². The topological polar surface area (TPSA) is 100 Å². The van der Waals surface area contributed by atoms with Crippen LogP contribution in [0, 0.1) is 27.8 Å². The Hall–Kier alpha value is -3.19. The van der Waals surface area contributed by atoms with Crippen LogP contribution in [0.4, 0.5) is 21.5 Å². The summed E-state index contributed by atoms with van der Waals surface area (Å²) in [6.07, 6.45) is 0. The molecule has 0 aliphatic carbocycles. The van der Waals surface area contributed by atoms with Crippen molar-refractivity contribution < 1.29 is 9.31 Å². The minimum atomic E-state index is -0.576. The molecule has 180 valence electrons. The van der Waals surface area contributed by atoms with Crippen LogP contribution < -0.4 is 11.1 Å². The number of rotatable bonds is 5. The Morgan fingerprint density at radius 2 is 1.94 bits per heavy atom. The highest BCUT2D eigenvalue weighted by atomic mass is 35.5. The third-order valence-electron chi connectivity index (χ3n) is 5.83. The van der Waals surface area contributed by atoms with Gasteiger partial charge in [-0.15, -0.1) is 0 Å². The molecule has 1 aliphatic rings. The van der Waals surface area contributed by atoms with Crippen LogP contribution in [0.3, 0.4) is 0 Å². The summed E-state index contributed by atoms with van der Waals surface area (Å²) < 4.78 is 13.4. The number of aliphatic imine (C=N–C) groups is 1. The van der Waals surface area contributed by atoms with Crippen molar-refractivity contribution in [1.82, 2.24) is 9.80 Å². The number of hydrogen-bond donors (Lipinski definition) is 2. The third kappa shape index (κ3) is 5.83. The van der Waals surface area contributed by atoms with Gasteiger partial charge < -0.3 is 16.0 Å². The maximum Gasteiger partial charge on any atom is 0.285 e. The molecular formula is C24H28ClFN6O2. The molecule has 0 radical (unpaired) electrons. The van der Waals surface area contributed by atoms with Gasteiger partial charge in [-0.05, 0) is 45.2 Å². The number of hydrogen-bond acceptors (Lipinski definition) is 6. The molecule has 3 N–H and O–H groups in total. The summed E-state index contributed by atoms with van der Waals surface area (Å²) in [6.45, 7) is 7.68. The van der Waals surface area contributed by atoms with E-state index >= 15 is 0 Å². The first-order chi connectivity index (χ1) is 16.0. The SMILES string of the molecule is CNc1cc(C#CC(C)(C)N2CCN(C)CC2)c([N+](=O)[O-])cc1C(N)=Nc1ccc(F)c(Cl)c1. The van der Waals surface area contributed by atoms with Gasteiger partial charge in [0.05, 0.1) is 21.2 Å². The van der Waals surface area contributed by atoms with E-state index in [0.717, 1.165) is 26.2 Å². The zero-order valence-corrected chi connectivity index (χ0v) is 20.4. The highest BCUT2D eigenvalue weighted by Gasteiger charge is 2.28. The maximum atomic E-state index is 13.4. The lowest BCUT2D eigenvalue weighted by Gasteiger charge is -2.40. The van der Waals surface area contributed by atoms with Gasteiger partial charge in [0.15, 0.2) is 0 Å². The Kier molecular flexibility index (Phi) is 7.77. The van der Waals surface area contributed by atoms with Crippen LogP contribution in [0.15, 0.2) is 35.3 Å². The number of likely N-dealkylation sites (N-methyl/N-ethyl adjacent to an activating group) is 1. The Morgan fingerprint density at radius 3 is 2.53 bits per heavy atom. The second-order valence-corrected chi connectivity index (χ2v) is 9.02. The second kappa shape index (κ2) is 10.4. The standard InChI is InChI=1S/C24H28ClFN6O2/c1-24(2,31-11-9-30(4)10-12-31)8-7-16-13-21(28-3)18(15-22(16)32(33)34)23(27)29-17-5-6-20(26)19(25)14-17/h5-6,13-15,28H,9-12H2,1-4H3,(H2,27,29). The molecule has 34 heavy (non-hydrogen) atoms. The Bertz CT molecular complexity index is 1180. The predicted octanol–water partition coefficient (Wildman–Crippen LogP) is 3.84. The Balaban J connectivity index is 2.00. The first-order valence-electron chi connectivity index (χ1n) is 10.8. The lowest BCUT2D eigenvalue weighted by molar-refractivity contribution is -0.385. The van der Waals surface area contributed by atoms with Gasteiger partial charge in [0, 0.05) is 50.5 Å². The third-order valence-corrected chi connectivity index (χ3v) is 6.12. The zero-order chi connectivity index (χ0) is 25.0. The van der Waals surface area contributed by atoms with Gasteiger partial charge in [-0.2, -0.15) is 0 Å². The van der Waals surface area contributed by atoms with Crippen LogP contribution in [0.5, 0.6) is 0 Å². The van der Waals surface area contributed by atoms with Gasteiger partial charge in [0.1, 0.15) is 17.2 Å². The number of nitrogens with two attached hydrogens (primary N) is 1. The smallest absolute Gasteiger partial charge is 0.285 e. The van der Waals surface area contributed by atoms with Crippen LogP contribution in [-0.2, 0) is 0 Å². The van der Waals surface area contributed by atoms with E-state index in [1.54, 1.807) is 13.1 Å². The molecule has 8 nitrogen and oxygen atoms in total. The van der Waals surface area contributed by atoms with E-state index < -0.39 is 16.3 Å². The van der Waals surface area contributed by atoms with Gasteiger partial charge in [-0.1, -0.05) is 23.4 Å². The van der Waals surface area contributed by atoms with Crippen molar-refractivity contribution in [1.29, 1.82) is 0 Å². The average Bonchev–Trinajstić information content (AvgIpc) is 2.79. The summed E-state index contributed by atoms with van der Waals surface area (Å²) in [5.41, 5.74) is 7.01. The van der Waals surface area contributed by atoms with Gasteiger partial charge >= 0.3 is 0 Å². The summed E-state index contributed by atoms with van der Waals surface area (Å²) in [7, 11) is 3.76. The van der Waals surface area contributed by atoms with Crippen molar-refractivity contribution in [3.8, 4) is 11.8 Å². The molecule has 1 heterocycles. The van der Waals surface area contributed by atoms with E-state index in [1.807, 2.05) is 13.8 Å². The van der Waals surface area contributed by atoms with Crippen LogP contribution in [0.2, 0.25) is 5.02 Å². The number of nitrogens with one attached hydrogen (secondary N) is 1. The van der Waals surface area contributed by atoms with E-state index in [4.69, 9.17) is 17.3 Å². The second-order valence-electron chi connectivity index (χ2n) is 8.62. The van der Waals surface area contributed by atoms with Gasteiger partial charge in [-0.3, -0.25) is 15.0 Å². The minimum absolute atomic E-state index is 0.0207. The van der Waals surface area contributed by atoms with Crippen molar-refractivity contribution in [2.45, 2.75) is 19.4 Å². The zero-order valence-electron chi connectivity index (χ0n) is 19.7. The highest BCUT2D eigenvalue weighted by molar-refractivity contribution is 6.31. The maximum absolute atomic E-state index is 13.4. The van der Waals surface area contributed by atoms with Crippen LogP contribution in [-0.4, -0.2) is 66.4 Å². The first-order valence-corrected chi connectivity index (χ1v) is 11.2. The molecule has 2 aromatic carbocycles. The summed E-state index contributed by atoms with van der Waals surface area (Å²) in [5.74, 6) is 5.69. The number of nitro groups is 1. The summed E-state index contributed by atoms with van der Waals surface area (Å²) in [5, 5.41) is 14.8. The molecular weight excluding hydrogens is 459 g/mol. The number of anilines is 1. The lowest BCUT2D eigenvalue weighted by Crippen LogP contribution is -2.53. The molecule has 0 bridgehead atoms. The molecule has 0 aromatic heterocycles. The number of nitrogens with zero attached hydrogens (tertiary/aromatic N) is 4. The number of benzene rings is 2. The Labute approximate surface area is 203 Å². The monoisotopic (exact) mass is 486 g/mol. The first kappa shape index (κ1) is 25.4. The van der Waals surface area contributed by atoms with Gasteiger partial charge in [0.2, 0.25) is 0 Å². The lowest BCUT2D eigenvalue weighted by atomic mass is 10.00. The molecule has 1 aliphatic heterocycles. The largest absolute Gasteiger partial charge is 0.387 e. The van der Waals surface area contributed by atoms with Crippen LogP contribution >= 0.6 is 11.6 Å². The molecule has 2 aromatic rings. The van der Waals surface area contributed by atoms with E-state index in [9.17, 15) is 14.5 Å². The number of halogens is 2. The van der Waals surface area contributed by atoms with Crippen LogP contribution in [0.25, 0.3) is 0 Å². The fourth-order valence-corrected chi connectivity index (χ4v) is 3.85. The normalized spacial score (nSPS) is 15.5. The molecule has 0 unspecified atom stereocenters. The molecule has 0 saturated carbocycles. The fourth-order valence-electron chi connectivity index (χ4n) is 3.68. The average molecular weight is 487 g/mol. The van der Waals surface area contributed by atoms with Crippen molar-refractivity contribution in [2.75, 3.05) is 45.6 Å². The van der Waals surface area contributed by atoms with Crippen molar-refractivity contribution in [3.05, 3.63) is 62.4 Å². The number of nitro benzene ring substituents is 1. The quantitative estimate of drug-likeness (QED) is 0.219. The molecule has 10 heteroatoms. The molecule has 0 spiro atoms. The Morgan fingerprint density at radius 1 is 1.26 bits per heavy atom. The molecule has 3 rings (SSSR count). The van der Waals surface area contributed by atoms with Gasteiger partial charge in [-0.25, -0.2) is 9.38 Å². The van der Waals surface area contributed by atoms with Crippen LogP contribution in [0.1, 0.15) is 25.0 Å². The molecule has 0 amide bonds. The van der Waals surface area contributed by atoms with E-state index in [-0.39, 0.29) is 22.1 Å². The van der Waals surface area contributed by atoms with E-state index in [1.165, 1.54) is 24.3 Å². The number of amidine groups is 1. The molecule has 1 saturated heterocycles. The summed E-state index contributed by atoms with van der Waals surface area (Å²) in [4.78, 5) is 20.2. The molecule has 0 atom stereocenters. The van der Waals surface area contributed by atoms with Crippen molar-refractivity contribution in [2.24, 2.45) is 10.7 Å². The predicted molar refractivity (Wildman–Crippen MR) is 134 cm³/mol. The highest BCUT2D eigenvalue weighted by Crippen LogP contribution is 2.29. The van der Waals surface area contributed by atoms with E-state index in [0.29, 0.717) is 16.9 Å². The summed E-state index contributed by atoms with van der Waals surface area (Å²) in [6, 6.07) is 6.87. The van der Waals surface area contributed by atoms with E-state index in [2.05, 4.69) is 39.0 Å². The molecule has 1 fully saturated rings. The van der Waals surface area contributed by atoms with Gasteiger partial charge in [0.25, 0.3) is 5.69 Å². The number of piperazine rings is 1. The summed E-state index contributed by atoms with van der Waals surface area (Å²) >= 11 is 5.82. The minimum Gasteiger partial charge on any atom is -0.387 e. The fraction of sp³-hybridized carbons (Fsp3) is 0.375. The van der Waals surface area contributed by atoms with Crippen molar-refractivity contribution >= 4 is 34.5 Å².